The summed E-state index contributed by atoms with van der Waals surface area (Å²) in [7, 11) is 0. The predicted molar refractivity (Wildman–Crippen MR) is 130 cm³/mol. The van der Waals surface area contributed by atoms with Crippen LogP contribution in [-0.2, 0) is 13.1 Å². The van der Waals surface area contributed by atoms with Crippen molar-refractivity contribution in [3.63, 3.8) is 0 Å². The van der Waals surface area contributed by atoms with E-state index in [0.717, 1.165) is 22.4 Å². The fraction of sp³-hybridized carbons (Fsp3) is 0.227. The molecule has 0 amide bonds. The lowest BCUT2D eigenvalue weighted by Crippen LogP contribution is -2.10. The summed E-state index contributed by atoms with van der Waals surface area (Å²) in [5, 5.41) is 20.2. The van der Waals surface area contributed by atoms with Crippen LogP contribution in [0.25, 0.3) is 11.3 Å². The summed E-state index contributed by atoms with van der Waals surface area (Å²) in [5.41, 5.74) is 2.88. The molecule has 1 unspecified atom stereocenters. The number of ether oxygens (including phenoxy) is 1. The van der Waals surface area contributed by atoms with Crippen LogP contribution >= 0.6 is 31.9 Å². The van der Waals surface area contributed by atoms with Gasteiger partial charge in [-0.25, -0.2) is 4.39 Å². The number of aromatic nitrogens is 5. The molecule has 176 valence electrons. The smallest absolute Gasteiger partial charge is 0.406 e. The third kappa shape index (κ3) is 4.87. The lowest BCUT2D eigenvalue weighted by atomic mass is 10.00. The van der Waals surface area contributed by atoms with Crippen LogP contribution in [0, 0.1) is 15.9 Å². The molecule has 3 heterocycles. The number of hydrogen-bond acceptors (Lipinski definition) is 6. The molecule has 9 nitrogen and oxygen atoms in total. The molecule has 34 heavy (non-hydrogen) atoms. The van der Waals surface area contributed by atoms with Crippen LogP contribution in [0.1, 0.15) is 31.1 Å². The Balaban J connectivity index is 1.71. The molecule has 0 N–H and O–H groups in total. The molecule has 12 heteroatoms. The Morgan fingerprint density at radius 2 is 1.97 bits per heavy atom. The van der Waals surface area contributed by atoms with Gasteiger partial charge in [0, 0.05) is 35.5 Å². The van der Waals surface area contributed by atoms with Gasteiger partial charge in [0.15, 0.2) is 6.20 Å². The molecule has 0 bridgehead atoms. The van der Waals surface area contributed by atoms with Gasteiger partial charge in [-0.15, -0.1) is 0 Å². The zero-order valence-electron chi connectivity index (χ0n) is 18.2. The summed E-state index contributed by atoms with van der Waals surface area (Å²) in [6, 6.07) is 7.66. The van der Waals surface area contributed by atoms with E-state index in [-0.39, 0.29) is 5.75 Å². The molecule has 0 fully saturated rings. The van der Waals surface area contributed by atoms with Crippen LogP contribution in [0.15, 0.2) is 58.0 Å². The van der Waals surface area contributed by atoms with Crippen molar-refractivity contribution in [3.05, 3.63) is 85.1 Å². The molecule has 0 radical (unpaired) electrons. The number of pyridine rings is 1. The van der Waals surface area contributed by atoms with Gasteiger partial charge in [0.1, 0.15) is 16.5 Å². The highest BCUT2D eigenvalue weighted by atomic mass is 79.9. The minimum absolute atomic E-state index is 0.0218. The first-order valence-electron chi connectivity index (χ1n) is 10.3. The number of aryl methyl sites for hydroxylation is 1. The van der Waals surface area contributed by atoms with Gasteiger partial charge in [0.2, 0.25) is 5.75 Å². The highest BCUT2D eigenvalue weighted by molar-refractivity contribution is 9.10. The van der Waals surface area contributed by atoms with Crippen LogP contribution in [0.3, 0.4) is 0 Å². The molecule has 1 atom stereocenters. The van der Waals surface area contributed by atoms with E-state index >= 15 is 0 Å². The monoisotopic (exact) mass is 592 g/mol. The molecular weight excluding hydrogens is 575 g/mol. The van der Waals surface area contributed by atoms with Crippen molar-refractivity contribution >= 4 is 37.7 Å². The minimum Gasteiger partial charge on any atom is -0.478 e. The van der Waals surface area contributed by atoms with E-state index in [2.05, 4.69) is 47.0 Å². The van der Waals surface area contributed by atoms with Crippen molar-refractivity contribution in [2.45, 2.75) is 33.0 Å². The standard InChI is InChI=1S/C22H19Br2FN6O3/c1-3-29-21(24)14(10-28-29)12-30-19(6-7-27-30)17-5-4-16(25)9-18(17)13(2)34-20-8-15(23)11-26-22(20)31(32)33/h4-11,13H,3,12H2,1-2H3. The molecule has 0 aliphatic carbocycles. The molecular formula is C22H19Br2FN6O3. The second kappa shape index (κ2) is 10.0. The average molecular weight is 594 g/mol. The summed E-state index contributed by atoms with van der Waals surface area (Å²) in [6.07, 6.45) is 4.03. The van der Waals surface area contributed by atoms with E-state index in [4.69, 9.17) is 4.74 Å². The van der Waals surface area contributed by atoms with Gasteiger partial charge in [-0.2, -0.15) is 10.2 Å². The first-order valence-corrected chi connectivity index (χ1v) is 11.9. The summed E-state index contributed by atoms with van der Waals surface area (Å²) in [4.78, 5) is 14.6. The number of hydrogen-bond donors (Lipinski definition) is 0. The highest BCUT2D eigenvalue weighted by Crippen LogP contribution is 2.35. The number of rotatable bonds is 8. The lowest BCUT2D eigenvalue weighted by Gasteiger charge is -2.19. The maximum absolute atomic E-state index is 14.3. The fourth-order valence-corrected chi connectivity index (χ4v) is 4.46. The Bertz CT molecular complexity index is 1360. The first-order chi connectivity index (χ1) is 16.3. The Hall–Kier alpha value is -3.12. The maximum atomic E-state index is 14.3. The van der Waals surface area contributed by atoms with E-state index in [1.807, 2.05) is 17.7 Å². The Morgan fingerprint density at radius 1 is 1.18 bits per heavy atom. The van der Waals surface area contributed by atoms with Crippen molar-refractivity contribution in [1.29, 1.82) is 0 Å². The predicted octanol–water partition coefficient (Wildman–Crippen LogP) is 5.92. The maximum Gasteiger partial charge on any atom is 0.406 e. The number of nitro groups is 1. The van der Waals surface area contributed by atoms with Gasteiger partial charge >= 0.3 is 5.82 Å². The summed E-state index contributed by atoms with van der Waals surface area (Å²) in [5.74, 6) is -0.892. The zero-order valence-corrected chi connectivity index (χ0v) is 21.3. The zero-order chi connectivity index (χ0) is 24.4. The second-order valence-electron chi connectivity index (χ2n) is 7.37. The van der Waals surface area contributed by atoms with Crippen LogP contribution in [0.5, 0.6) is 5.75 Å². The fourth-order valence-electron chi connectivity index (χ4n) is 3.58. The first kappa shape index (κ1) is 24.0. The number of benzene rings is 1. The van der Waals surface area contributed by atoms with E-state index in [9.17, 15) is 14.5 Å². The summed E-state index contributed by atoms with van der Waals surface area (Å²) >= 11 is 6.83. The molecule has 0 saturated carbocycles. The molecule has 0 aliphatic heterocycles. The number of halogens is 3. The Morgan fingerprint density at radius 3 is 2.68 bits per heavy atom. The van der Waals surface area contributed by atoms with E-state index in [1.54, 1.807) is 30.1 Å². The normalized spacial score (nSPS) is 12.0. The van der Waals surface area contributed by atoms with Crippen molar-refractivity contribution in [1.82, 2.24) is 24.5 Å². The average Bonchev–Trinajstić information content (AvgIpc) is 3.40. The molecule has 4 aromatic rings. The molecule has 1 aromatic carbocycles. The molecule has 3 aromatic heterocycles. The highest BCUT2D eigenvalue weighted by Gasteiger charge is 2.23. The third-order valence-electron chi connectivity index (χ3n) is 5.18. The summed E-state index contributed by atoms with van der Waals surface area (Å²) < 4.78 is 25.2. The Labute approximate surface area is 211 Å². The third-order valence-corrected chi connectivity index (χ3v) is 6.54. The number of nitrogens with zero attached hydrogens (tertiary/aromatic N) is 6. The lowest BCUT2D eigenvalue weighted by molar-refractivity contribution is -0.390. The van der Waals surface area contributed by atoms with Crippen molar-refractivity contribution in [2.24, 2.45) is 0 Å². The summed E-state index contributed by atoms with van der Waals surface area (Å²) in [6.45, 7) is 4.86. The van der Waals surface area contributed by atoms with Gasteiger partial charge in [-0.05, 0) is 79.9 Å². The molecule has 0 aliphatic rings. The van der Waals surface area contributed by atoms with E-state index in [1.165, 1.54) is 24.4 Å². The molecule has 0 saturated heterocycles. The van der Waals surface area contributed by atoms with Crippen LogP contribution in [0.4, 0.5) is 10.2 Å². The van der Waals surface area contributed by atoms with Gasteiger partial charge in [-0.1, -0.05) is 0 Å². The van der Waals surface area contributed by atoms with Crippen LogP contribution < -0.4 is 4.74 Å². The van der Waals surface area contributed by atoms with Crippen molar-refractivity contribution < 1.29 is 14.1 Å². The van der Waals surface area contributed by atoms with E-state index in [0.29, 0.717) is 22.1 Å². The van der Waals surface area contributed by atoms with Crippen LogP contribution in [0.2, 0.25) is 0 Å². The van der Waals surface area contributed by atoms with Gasteiger partial charge in [-0.3, -0.25) is 9.36 Å². The second-order valence-corrected chi connectivity index (χ2v) is 9.04. The largest absolute Gasteiger partial charge is 0.478 e. The van der Waals surface area contributed by atoms with Gasteiger partial charge in [0.25, 0.3) is 0 Å². The molecule has 4 rings (SSSR count). The van der Waals surface area contributed by atoms with Crippen molar-refractivity contribution in [3.8, 4) is 17.0 Å². The van der Waals surface area contributed by atoms with Gasteiger partial charge < -0.3 is 14.9 Å². The van der Waals surface area contributed by atoms with Crippen molar-refractivity contribution in [2.75, 3.05) is 0 Å². The Kier molecular flexibility index (Phi) is 7.08. The SMILES string of the molecule is CCn1ncc(Cn2nccc2-c2ccc(F)cc2C(C)Oc2cc(Br)cnc2[N+](=O)[O-])c1Br. The minimum atomic E-state index is -0.724. The molecule has 0 spiro atoms. The van der Waals surface area contributed by atoms with E-state index < -0.39 is 22.7 Å². The van der Waals surface area contributed by atoms with Gasteiger partial charge in [0.05, 0.1) is 22.9 Å². The topological polar surface area (TPSA) is 101 Å². The van der Waals surface area contributed by atoms with Crippen LogP contribution in [-0.4, -0.2) is 29.5 Å². The quantitative estimate of drug-likeness (QED) is 0.186.